The van der Waals surface area contributed by atoms with Gasteiger partial charge in [0.25, 0.3) is 11.8 Å². The van der Waals surface area contributed by atoms with E-state index in [1.807, 2.05) is 31.2 Å². The lowest BCUT2D eigenvalue weighted by atomic mass is 10.1. The predicted molar refractivity (Wildman–Crippen MR) is 178 cm³/mol. The quantitative estimate of drug-likeness (QED) is 0.178. The van der Waals surface area contributed by atoms with Gasteiger partial charge in [-0.2, -0.15) is 0 Å². The fourth-order valence-corrected chi connectivity index (χ4v) is 5.45. The topological polar surface area (TPSA) is 127 Å². The molecule has 10 nitrogen and oxygen atoms in total. The van der Waals surface area contributed by atoms with E-state index in [0.717, 1.165) is 11.1 Å². The zero-order valence-electron chi connectivity index (χ0n) is 25.4. The molecule has 1 fully saturated rings. The number of carboxylic acids is 1. The number of carboxylic acid groups (broad SMARTS) is 1. The van der Waals surface area contributed by atoms with Crippen LogP contribution in [0.2, 0.25) is 0 Å². The monoisotopic (exact) mass is 637 g/mol. The number of nitrogens with zero attached hydrogens (tertiary/aromatic N) is 2. The molecular weight excluding hydrogens is 606 g/mol. The highest BCUT2D eigenvalue weighted by Gasteiger charge is 2.33. The molecule has 5 rings (SSSR count). The lowest BCUT2D eigenvalue weighted by molar-refractivity contribution is -0.122. The van der Waals surface area contributed by atoms with Crippen molar-refractivity contribution in [3.63, 3.8) is 0 Å². The SMILES string of the molecule is COc1ccc(N=C2S/C(=C\c3ccc(OCC(=O)Nc4ccc(C)cc4)c(OC)c3)C(=O)N2Cc2ccc(C(=O)O)cc2)cc1. The first kappa shape index (κ1) is 31.9. The number of aromatic carboxylic acids is 1. The number of hydrogen-bond donors (Lipinski definition) is 2. The number of anilines is 1. The summed E-state index contributed by atoms with van der Waals surface area (Å²) in [6, 6.07) is 26.2. The second-order valence-corrected chi connectivity index (χ2v) is 11.2. The van der Waals surface area contributed by atoms with Crippen LogP contribution >= 0.6 is 11.8 Å². The third-order valence-electron chi connectivity index (χ3n) is 6.91. The molecule has 0 bridgehead atoms. The maximum atomic E-state index is 13.7. The number of carbonyl (C=O) groups is 3. The van der Waals surface area contributed by atoms with Crippen molar-refractivity contribution in [1.82, 2.24) is 4.90 Å². The van der Waals surface area contributed by atoms with Crippen molar-refractivity contribution < 1.29 is 33.7 Å². The smallest absolute Gasteiger partial charge is 0.335 e. The third kappa shape index (κ3) is 7.93. The van der Waals surface area contributed by atoms with E-state index < -0.39 is 5.97 Å². The second-order valence-electron chi connectivity index (χ2n) is 10.2. The molecule has 0 radical (unpaired) electrons. The van der Waals surface area contributed by atoms with Crippen LogP contribution in [-0.4, -0.2) is 53.8 Å². The summed E-state index contributed by atoms with van der Waals surface area (Å²) in [5.74, 6) is -0.136. The van der Waals surface area contributed by atoms with Gasteiger partial charge in [-0.15, -0.1) is 0 Å². The van der Waals surface area contributed by atoms with E-state index in [2.05, 4.69) is 5.32 Å². The fourth-order valence-electron chi connectivity index (χ4n) is 4.46. The summed E-state index contributed by atoms with van der Waals surface area (Å²) in [5.41, 5.74) is 3.99. The van der Waals surface area contributed by atoms with Gasteiger partial charge >= 0.3 is 5.97 Å². The molecule has 2 N–H and O–H groups in total. The minimum Gasteiger partial charge on any atom is -0.497 e. The number of hydrogen-bond acceptors (Lipinski definition) is 8. The number of amides is 2. The summed E-state index contributed by atoms with van der Waals surface area (Å²) < 4.78 is 16.5. The van der Waals surface area contributed by atoms with Crippen molar-refractivity contribution in [2.45, 2.75) is 13.5 Å². The molecule has 0 saturated carbocycles. The first-order chi connectivity index (χ1) is 22.2. The van der Waals surface area contributed by atoms with Gasteiger partial charge in [0.1, 0.15) is 5.75 Å². The highest BCUT2D eigenvalue weighted by Crippen LogP contribution is 2.37. The number of aliphatic imine (C=N–C) groups is 1. The largest absolute Gasteiger partial charge is 0.497 e. The van der Waals surface area contributed by atoms with Gasteiger partial charge in [0.2, 0.25) is 0 Å². The molecule has 11 heteroatoms. The Morgan fingerprint density at radius 3 is 2.28 bits per heavy atom. The lowest BCUT2D eigenvalue weighted by Crippen LogP contribution is -2.28. The Morgan fingerprint density at radius 1 is 0.913 bits per heavy atom. The number of benzene rings is 4. The molecule has 0 unspecified atom stereocenters. The minimum atomic E-state index is -1.02. The van der Waals surface area contributed by atoms with Gasteiger partial charge in [-0.25, -0.2) is 9.79 Å². The molecule has 1 saturated heterocycles. The summed E-state index contributed by atoms with van der Waals surface area (Å²) in [7, 11) is 3.08. The number of nitrogens with one attached hydrogen (secondary N) is 1. The summed E-state index contributed by atoms with van der Waals surface area (Å²) >= 11 is 1.22. The normalized spacial score (nSPS) is 14.4. The molecule has 0 atom stereocenters. The third-order valence-corrected chi connectivity index (χ3v) is 7.91. The van der Waals surface area contributed by atoms with Crippen molar-refractivity contribution in [1.29, 1.82) is 0 Å². The Morgan fingerprint density at radius 2 is 1.63 bits per heavy atom. The molecule has 2 amide bonds. The number of thioether (sulfide) groups is 1. The molecule has 0 aliphatic carbocycles. The maximum Gasteiger partial charge on any atom is 0.335 e. The average Bonchev–Trinajstić information content (AvgIpc) is 3.34. The van der Waals surface area contributed by atoms with E-state index in [0.29, 0.717) is 44.3 Å². The lowest BCUT2D eigenvalue weighted by Gasteiger charge is -2.16. The summed E-state index contributed by atoms with van der Waals surface area (Å²) in [6.45, 7) is 1.95. The Kier molecular flexibility index (Phi) is 10.0. The second kappa shape index (κ2) is 14.5. The standard InChI is InChI=1S/C35H31N3O7S/c1-22-4-11-26(12-5-22)36-32(39)21-45-29-17-8-24(18-30(29)44-3)19-31-33(40)38(20-23-6-9-25(10-7-23)34(41)42)35(46-31)37-27-13-15-28(43-2)16-14-27/h4-19H,20-21H2,1-3H3,(H,36,39)(H,41,42)/b31-19-,37-35?. The van der Waals surface area contributed by atoms with Crippen molar-refractivity contribution >= 4 is 52.2 Å². The first-order valence-corrected chi connectivity index (χ1v) is 15.0. The molecule has 0 spiro atoms. The van der Waals surface area contributed by atoms with E-state index in [4.69, 9.17) is 19.2 Å². The molecule has 46 heavy (non-hydrogen) atoms. The molecule has 4 aromatic carbocycles. The van der Waals surface area contributed by atoms with Crippen molar-refractivity contribution in [3.05, 3.63) is 118 Å². The van der Waals surface area contributed by atoms with Gasteiger partial charge in [0.05, 0.1) is 36.9 Å². The molecule has 4 aromatic rings. The molecule has 0 aromatic heterocycles. The first-order valence-electron chi connectivity index (χ1n) is 14.2. The summed E-state index contributed by atoms with van der Waals surface area (Å²) in [4.78, 5) is 44.1. The van der Waals surface area contributed by atoms with E-state index in [1.165, 1.54) is 31.0 Å². The molecule has 1 aliphatic heterocycles. The van der Waals surface area contributed by atoms with Crippen LogP contribution in [-0.2, 0) is 16.1 Å². The summed E-state index contributed by atoms with van der Waals surface area (Å²) in [6.07, 6.45) is 1.74. The number of methoxy groups -OCH3 is 2. The average molecular weight is 638 g/mol. The zero-order valence-corrected chi connectivity index (χ0v) is 26.2. The Hall–Kier alpha value is -5.55. The van der Waals surface area contributed by atoms with Crippen LogP contribution in [0, 0.1) is 6.92 Å². The minimum absolute atomic E-state index is 0.159. The molecule has 1 aliphatic rings. The maximum absolute atomic E-state index is 13.7. The van der Waals surface area contributed by atoms with Crippen LogP contribution < -0.4 is 19.5 Å². The molecule has 234 valence electrons. The Balaban J connectivity index is 1.35. The van der Waals surface area contributed by atoms with Crippen LogP contribution in [0.5, 0.6) is 17.2 Å². The van der Waals surface area contributed by atoms with E-state index in [1.54, 1.807) is 72.7 Å². The van der Waals surface area contributed by atoms with Crippen molar-refractivity contribution in [2.24, 2.45) is 4.99 Å². The fraction of sp³-hybridized carbons (Fsp3) is 0.143. The van der Waals surface area contributed by atoms with E-state index in [9.17, 15) is 19.5 Å². The van der Waals surface area contributed by atoms with Gasteiger partial charge < -0.3 is 24.6 Å². The number of aryl methyl sites for hydroxylation is 1. The van der Waals surface area contributed by atoms with Gasteiger partial charge in [-0.1, -0.05) is 35.9 Å². The molecular formula is C35H31N3O7S. The number of rotatable bonds is 11. The van der Waals surface area contributed by atoms with Crippen LogP contribution in [0.1, 0.15) is 27.0 Å². The van der Waals surface area contributed by atoms with Crippen LogP contribution in [0.3, 0.4) is 0 Å². The van der Waals surface area contributed by atoms with Crippen LogP contribution in [0.4, 0.5) is 11.4 Å². The number of ether oxygens (including phenoxy) is 3. The number of amidine groups is 1. The van der Waals surface area contributed by atoms with Crippen LogP contribution in [0.25, 0.3) is 6.08 Å². The predicted octanol–water partition coefficient (Wildman–Crippen LogP) is 6.53. The zero-order chi connectivity index (χ0) is 32.6. The summed E-state index contributed by atoms with van der Waals surface area (Å²) in [5, 5.41) is 12.5. The molecule has 1 heterocycles. The van der Waals surface area contributed by atoms with E-state index >= 15 is 0 Å². The van der Waals surface area contributed by atoms with E-state index in [-0.39, 0.29) is 30.5 Å². The van der Waals surface area contributed by atoms with Crippen molar-refractivity contribution in [2.75, 3.05) is 26.1 Å². The number of carbonyl (C=O) groups excluding carboxylic acids is 2. The highest BCUT2D eigenvalue weighted by molar-refractivity contribution is 8.18. The van der Waals surface area contributed by atoms with Crippen molar-refractivity contribution in [3.8, 4) is 17.2 Å². The Bertz CT molecular complexity index is 1800. The van der Waals surface area contributed by atoms with Crippen LogP contribution in [0.15, 0.2) is 101 Å². The highest BCUT2D eigenvalue weighted by atomic mass is 32.2. The Labute approximate surface area is 270 Å². The van der Waals surface area contributed by atoms with Gasteiger partial charge in [0, 0.05) is 5.69 Å². The van der Waals surface area contributed by atoms with Gasteiger partial charge in [0.15, 0.2) is 23.3 Å². The van der Waals surface area contributed by atoms with Gasteiger partial charge in [-0.3, -0.25) is 14.5 Å². The van der Waals surface area contributed by atoms with Gasteiger partial charge in [-0.05, 0) is 96.6 Å².